The summed E-state index contributed by atoms with van der Waals surface area (Å²) >= 11 is 0. The van der Waals surface area contributed by atoms with Crippen LogP contribution in [-0.2, 0) is 9.53 Å². The number of aliphatic hydroxyl groups is 1. The number of ether oxygens (including phenoxy) is 1. The van der Waals surface area contributed by atoms with E-state index < -0.39 is 0 Å². The van der Waals surface area contributed by atoms with E-state index in [2.05, 4.69) is 0 Å². The fraction of sp³-hybridized carbons (Fsp3) is 0.533. The molecule has 0 aliphatic carbocycles. The first kappa shape index (κ1) is 14.0. The molecule has 104 valence electrons. The molecule has 0 radical (unpaired) electrons. The van der Waals surface area contributed by atoms with Crippen molar-refractivity contribution in [3.05, 3.63) is 35.9 Å². The van der Waals surface area contributed by atoms with Crippen molar-refractivity contribution in [3.8, 4) is 0 Å². The van der Waals surface area contributed by atoms with E-state index in [0.717, 1.165) is 31.5 Å². The van der Waals surface area contributed by atoms with E-state index in [1.165, 1.54) is 0 Å². The third kappa shape index (κ3) is 3.78. The average Bonchev–Trinajstić information content (AvgIpc) is 2.46. The van der Waals surface area contributed by atoms with E-state index in [-0.39, 0.29) is 24.7 Å². The summed E-state index contributed by atoms with van der Waals surface area (Å²) in [6.07, 6.45) is 1.52. The van der Waals surface area contributed by atoms with Crippen LogP contribution in [0, 0.1) is 0 Å². The minimum Gasteiger partial charge on any atom is -0.393 e. The molecule has 1 fully saturated rings. The van der Waals surface area contributed by atoms with Gasteiger partial charge in [-0.3, -0.25) is 4.79 Å². The van der Waals surface area contributed by atoms with E-state index in [0.29, 0.717) is 0 Å². The van der Waals surface area contributed by atoms with Crippen LogP contribution in [0.15, 0.2) is 30.3 Å². The second-order valence-electron chi connectivity index (χ2n) is 4.92. The Kier molecular flexibility index (Phi) is 4.93. The molecule has 1 aromatic carbocycles. The van der Waals surface area contributed by atoms with E-state index in [9.17, 15) is 9.90 Å². The van der Waals surface area contributed by atoms with E-state index >= 15 is 0 Å². The summed E-state index contributed by atoms with van der Waals surface area (Å²) in [7, 11) is 0. The molecule has 4 nitrogen and oxygen atoms in total. The van der Waals surface area contributed by atoms with Crippen LogP contribution in [0.4, 0.5) is 0 Å². The minimum absolute atomic E-state index is 0.0169. The zero-order valence-corrected chi connectivity index (χ0v) is 11.3. The Balaban J connectivity index is 1.89. The molecule has 0 unspecified atom stereocenters. The number of carbonyl (C=O) groups is 1. The first-order valence-corrected chi connectivity index (χ1v) is 6.77. The predicted molar refractivity (Wildman–Crippen MR) is 72.6 cm³/mol. The number of likely N-dealkylation sites (tertiary alicyclic amines) is 1. The van der Waals surface area contributed by atoms with E-state index in [4.69, 9.17) is 4.74 Å². The molecule has 1 amide bonds. The summed E-state index contributed by atoms with van der Waals surface area (Å²) in [5.74, 6) is 0.125. The third-order valence-electron chi connectivity index (χ3n) is 3.58. The smallest absolute Gasteiger partial charge is 0.219 e. The lowest BCUT2D eigenvalue weighted by Gasteiger charge is -2.33. The number of carbonyl (C=O) groups excluding carboxylic acids is 1. The first-order valence-electron chi connectivity index (χ1n) is 6.77. The molecule has 1 heterocycles. The number of benzene rings is 1. The van der Waals surface area contributed by atoms with Gasteiger partial charge in [-0.05, 0) is 18.4 Å². The second-order valence-corrected chi connectivity index (χ2v) is 4.92. The van der Waals surface area contributed by atoms with Crippen LogP contribution in [0.3, 0.4) is 0 Å². The zero-order valence-electron chi connectivity index (χ0n) is 11.3. The number of piperidine rings is 1. The van der Waals surface area contributed by atoms with Crippen LogP contribution in [0.1, 0.15) is 31.4 Å². The number of amides is 1. The predicted octanol–water partition coefficient (Wildman–Crippen LogP) is 1.75. The zero-order chi connectivity index (χ0) is 13.7. The van der Waals surface area contributed by atoms with Gasteiger partial charge in [-0.1, -0.05) is 30.3 Å². The summed E-state index contributed by atoms with van der Waals surface area (Å²) in [5.41, 5.74) is 0.999. The largest absolute Gasteiger partial charge is 0.393 e. The summed E-state index contributed by atoms with van der Waals surface area (Å²) in [5, 5.41) is 9.46. The fourth-order valence-corrected chi connectivity index (χ4v) is 2.43. The highest BCUT2D eigenvalue weighted by Gasteiger charge is 2.24. The molecule has 1 N–H and O–H groups in total. The maximum Gasteiger partial charge on any atom is 0.219 e. The van der Waals surface area contributed by atoms with Gasteiger partial charge >= 0.3 is 0 Å². The van der Waals surface area contributed by atoms with Crippen LogP contribution in [-0.4, -0.2) is 41.7 Å². The van der Waals surface area contributed by atoms with Crippen LogP contribution >= 0.6 is 0 Å². The molecular formula is C15H21NO3. The number of rotatable bonds is 4. The molecule has 1 aliphatic rings. The lowest BCUT2D eigenvalue weighted by atomic mass is 10.1. The Morgan fingerprint density at radius 3 is 2.53 bits per heavy atom. The molecule has 4 heteroatoms. The van der Waals surface area contributed by atoms with Crippen molar-refractivity contribution in [2.24, 2.45) is 0 Å². The van der Waals surface area contributed by atoms with E-state index in [1.54, 1.807) is 6.92 Å². The van der Waals surface area contributed by atoms with Gasteiger partial charge in [-0.25, -0.2) is 0 Å². The fourth-order valence-electron chi connectivity index (χ4n) is 2.43. The highest BCUT2D eigenvalue weighted by molar-refractivity contribution is 5.73. The van der Waals surface area contributed by atoms with Crippen LogP contribution < -0.4 is 0 Å². The summed E-state index contributed by atoms with van der Waals surface area (Å²) in [6.45, 7) is 3.07. The maximum absolute atomic E-state index is 11.3. The first-order chi connectivity index (χ1) is 9.20. The molecule has 1 aromatic rings. The van der Waals surface area contributed by atoms with Gasteiger partial charge in [-0.15, -0.1) is 0 Å². The molecule has 0 spiro atoms. The summed E-state index contributed by atoms with van der Waals surface area (Å²) in [4.78, 5) is 13.1. The standard InChI is InChI=1S/C15H21NO3/c1-12(18)16-9-7-14(8-10-16)19-15(11-17)13-5-3-2-4-6-13/h2-6,14-15,17H,7-11H2,1H3/t15-/m1/s1. The van der Waals surface area contributed by atoms with Crippen LogP contribution in [0.5, 0.6) is 0 Å². The molecule has 2 rings (SSSR count). The van der Waals surface area contributed by atoms with Crippen molar-refractivity contribution in [2.75, 3.05) is 19.7 Å². The van der Waals surface area contributed by atoms with Crippen molar-refractivity contribution >= 4 is 5.91 Å². The molecule has 0 saturated carbocycles. The van der Waals surface area contributed by atoms with Crippen molar-refractivity contribution in [2.45, 2.75) is 32.0 Å². The lowest BCUT2D eigenvalue weighted by molar-refractivity contribution is -0.133. The normalized spacial score (nSPS) is 18.3. The van der Waals surface area contributed by atoms with Crippen LogP contribution in [0.25, 0.3) is 0 Å². The van der Waals surface area contributed by atoms with Gasteiger partial charge in [0.05, 0.1) is 12.7 Å². The summed E-state index contributed by atoms with van der Waals surface area (Å²) < 4.78 is 5.97. The van der Waals surface area contributed by atoms with Crippen molar-refractivity contribution in [1.82, 2.24) is 4.90 Å². The van der Waals surface area contributed by atoms with Gasteiger partial charge in [0.1, 0.15) is 6.10 Å². The number of nitrogens with zero attached hydrogens (tertiary/aromatic N) is 1. The van der Waals surface area contributed by atoms with Gasteiger partial charge in [0.25, 0.3) is 0 Å². The SMILES string of the molecule is CC(=O)N1CCC(O[C@H](CO)c2ccccc2)CC1. The second kappa shape index (κ2) is 6.68. The van der Waals surface area contributed by atoms with Gasteiger partial charge in [-0.2, -0.15) is 0 Å². The Bertz CT molecular complexity index is 399. The topological polar surface area (TPSA) is 49.8 Å². The Morgan fingerprint density at radius 2 is 2.00 bits per heavy atom. The quantitative estimate of drug-likeness (QED) is 0.900. The number of hydrogen-bond acceptors (Lipinski definition) is 3. The van der Waals surface area contributed by atoms with Crippen molar-refractivity contribution in [3.63, 3.8) is 0 Å². The molecule has 1 saturated heterocycles. The third-order valence-corrected chi connectivity index (χ3v) is 3.58. The highest BCUT2D eigenvalue weighted by atomic mass is 16.5. The van der Waals surface area contributed by atoms with Gasteiger partial charge in [0.15, 0.2) is 0 Å². The number of aliphatic hydroxyl groups excluding tert-OH is 1. The van der Waals surface area contributed by atoms with Crippen LogP contribution in [0.2, 0.25) is 0 Å². The average molecular weight is 263 g/mol. The molecule has 0 bridgehead atoms. The monoisotopic (exact) mass is 263 g/mol. The molecule has 19 heavy (non-hydrogen) atoms. The molecular weight excluding hydrogens is 242 g/mol. The number of hydrogen-bond donors (Lipinski definition) is 1. The molecule has 0 aromatic heterocycles. The Morgan fingerprint density at radius 1 is 1.37 bits per heavy atom. The van der Waals surface area contributed by atoms with Gasteiger partial charge in [0, 0.05) is 20.0 Å². The highest BCUT2D eigenvalue weighted by Crippen LogP contribution is 2.23. The molecule has 1 atom stereocenters. The maximum atomic E-state index is 11.3. The molecule has 1 aliphatic heterocycles. The Labute approximate surface area is 114 Å². The summed E-state index contributed by atoms with van der Waals surface area (Å²) in [6, 6.07) is 9.76. The van der Waals surface area contributed by atoms with E-state index in [1.807, 2.05) is 35.2 Å². The lowest BCUT2D eigenvalue weighted by Crippen LogP contribution is -2.40. The van der Waals surface area contributed by atoms with Crippen molar-refractivity contribution < 1.29 is 14.6 Å². The minimum atomic E-state index is -0.268. The van der Waals surface area contributed by atoms with Gasteiger partial charge in [0.2, 0.25) is 5.91 Å². The van der Waals surface area contributed by atoms with Crippen molar-refractivity contribution in [1.29, 1.82) is 0 Å². The van der Waals surface area contributed by atoms with Gasteiger partial charge < -0.3 is 14.7 Å². The Hall–Kier alpha value is -1.39.